The Labute approximate surface area is 186 Å². The van der Waals surface area contributed by atoms with Gasteiger partial charge < -0.3 is 15.0 Å². The first kappa shape index (κ1) is 21.6. The van der Waals surface area contributed by atoms with E-state index in [1.54, 1.807) is 48.4 Å². The second-order valence-corrected chi connectivity index (χ2v) is 7.86. The maximum atomic E-state index is 14.4. The van der Waals surface area contributed by atoms with Crippen LogP contribution < -0.4 is 10.1 Å². The first-order valence-corrected chi connectivity index (χ1v) is 10.6. The molecule has 1 heterocycles. The number of methoxy groups -OCH3 is 1. The number of ether oxygens (including phenoxy) is 1. The lowest BCUT2D eigenvalue weighted by Gasteiger charge is -2.39. The van der Waals surface area contributed by atoms with Crippen molar-refractivity contribution in [1.29, 1.82) is 0 Å². The maximum Gasteiger partial charge on any atom is 0.257 e. The zero-order valence-electron chi connectivity index (χ0n) is 17.8. The van der Waals surface area contributed by atoms with Crippen LogP contribution in [0.4, 0.5) is 10.1 Å². The summed E-state index contributed by atoms with van der Waals surface area (Å²) in [6.45, 7) is 0.217. The summed E-state index contributed by atoms with van der Waals surface area (Å²) in [5, 5.41) is 2.92. The van der Waals surface area contributed by atoms with Crippen LogP contribution in [0.5, 0.6) is 5.75 Å². The number of carbonyl (C=O) groups excluding carboxylic acids is 2. The molecule has 32 heavy (non-hydrogen) atoms. The van der Waals surface area contributed by atoms with Gasteiger partial charge in [-0.2, -0.15) is 0 Å². The van der Waals surface area contributed by atoms with Gasteiger partial charge in [-0.15, -0.1) is 0 Å². The van der Waals surface area contributed by atoms with Crippen LogP contribution in [-0.4, -0.2) is 30.4 Å². The quantitative estimate of drug-likeness (QED) is 0.613. The Balaban J connectivity index is 1.56. The number of benzene rings is 3. The lowest BCUT2D eigenvalue weighted by Crippen LogP contribution is -2.45. The van der Waals surface area contributed by atoms with Gasteiger partial charge in [-0.05, 0) is 54.8 Å². The molecular weight excluding hydrogens is 407 g/mol. The molecule has 0 spiro atoms. The molecule has 2 unspecified atom stereocenters. The van der Waals surface area contributed by atoms with Crippen LogP contribution in [0.15, 0.2) is 78.9 Å². The van der Waals surface area contributed by atoms with E-state index in [9.17, 15) is 14.0 Å². The van der Waals surface area contributed by atoms with Crippen LogP contribution in [0.2, 0.25) is 0 Å². The lowest BCUT2D eigenvalue weighted by molar-refractivity contribution is -0.121. The van der Waals surface area contributed by atoms with Crippen molar-refractivity contribution >= 4 is 17.5 Å². The van der Waals surface area contributed by atoms with Crippen LogP contribution in [-0.2, 0) is 4.79 Å². The van der Waals surface area contributed by atoms with Crippen molar-refractivity contribution < 1.29 is 18.7 Å². The average molecular weight is 432 g/mol. The molecule has 3 aromatic rings. The second kappa shape index (κ2) is 9.64. The average Bonchev–Trinajstić information content (AvgIpc) is 2.84. The molecule has 1 saturated heterocycles. The van der Waals surface area contributed by atoms with Crippen molar-refractivity contribution in [2.24, 2.45) is 5.92 Å². The minimum absolute atomic E-state index is 0.0182. The summed E-state index contributed by atoms with van der Waals surface area (Å²) >= 11 is 0. The van der Waals surface area contributed by atoms with Gasteiger partial charge in [0, 0.05) is 12.2 Å². The molecule has 1 aliphatic heterocycles. The van der Waals surface area contributed by atoms with Crippen molar-refractivity contribution in [3.8, 4) is 5.75 Å². The highest BCUT2D eigenvalue weighted by atomic mass is 19.1. The molecule has 6 heteroatoms. The number of amides is 2. The largest absolute Gasteiger partial charge is 0.497 e. The van der Waals surface area contributed by atoms with E-state index in [1.807, 2.05) is 30.3 Å². The number of carbonyl (C=O) groups is 2. The summed E-state index contributed by atoms with van der Waals surface area (Å²) in [6.07, 6.45) is 1.24. The monoisotopic (exact) mass is 432 g/mol. The number of piperidine rings is 1. The van der Waals surface area contributed by atoms with Crippen LogP contribution in [0, 0.1) is 11.7 Å². The summed E-state index contributed by atoms with van der Waals surface area (Å²) in [7, 11) is 1.58. The summed E-state index contributed by atoms with van der Waals surface area (Å²) in [5.41, 5.74) is 1.66. The molecule has 164 valence electrons. The molecule has 3 aromatic carbocycles. The van der Waals surface area contributed by atoms with Crippen molar-refractivity contribution in [2.45, 2.75) is 18.9 Å². The van der Waals surface area contributed by atoms with Gasteiger partial charge >= 0.3 is 0 Å². The molecule has 2 atom stereocenters. The van der Waals surface area contributed by atoms with E-state index in [1.165, 1.54) is 12.1 Å². The van der Waals surface area contributed by atoms with E-state index >= 15 is 0 Å². The van der Waals surface area contributed by atoms with Crippen LogP contribution in [0.25, 0.3) is 0 Å². The minimum atomic E-state index is -0.561. The van der Waals surface area contributed by atoms with E-state index in [0.29, 0.717) is 24.3 Å². The molecule has 0 aliphatic carbocycles. The molecule has 0 aromatic heterocycles. The van der Waals surface area contributed by atoms with Crippen LogP contribution in [0.1, 0.15) is 34.8 Å². The van der Waals surface area contributed by atoms with E-state index in [2.05, 4.69) is 5.32 Å². The SMILES string of the molecule is COc1ccc(NC(=O)C2CCC(c3ccccc3)N(C(=O)c3ccccc3F)C2)cc1. The highest BCUT2D eigenvalue weighted by Gasteiger charge is 2.36. The van der Waals surface area contributed by atoms with Crippen molar-refractivity contribution in [3.05, 3.63) is 95.8 Å². The van der Waals surface area contributed by atoms with Gasteiger partial charge in [-0.1, -0.05) is 42.5 Å². The topological polar surface area (TPSA) is 58.6 Å². The Morgan fingerprint density at radius 2 is 1.62 bits per heavy atom. The highest BCUT2D eigenvalue weighted by Crippen LogP contribution is 2.35. The maximum absolute atomic E-state index is 14.4. The molecule has 0 bridgehead atoms. The predicted octanol–water partition coefficient (Wildman–Crippen LogP) is 5.07. The number of likely N-dealkylation sites (tertiary alicyclic amines) is 1. The Bertz CT molecular complexity index is 1090. The van der Waals surface area contributed by atoms with E-state index < -0.39 is 17.6 Å². The minimum Gasteiger partial charge on any atom is -0.497 e. The van der Waals surface area contributed by atoms with E-state index in [4.69, 9.17) is 4.74 Å². The van der Waals surface area contributed by atoms with Crippen LogP contribution in [0.3, 0.4) is 0 Å². The van der Waals surface area contributed by atoms with Gasteiger partial charge in [0.25, 0.3) is 5.91 Å². The molecule has 5 nitrogen and oxygen atoms in total. The molecule has 1 fully saturated rings. The third-order valence-corrected chi connectivity index (χ3v) is 5.86. The van der Waals surface area contributed by atoms with E-state index in [-0.39, 0.29) is 24.1 Å². The smallest absolute Gasteiger partial charge is 0.257 e. The molecule has 0 saturated carbocycles. The number of halogens is 1. The summed E-state index contributed by atoms with van der Waals surface area (Å²) in [5.74, 6) is -0.818. The molecular formula is C26H25FN2O3. The molecule has 2 amide bonds. The molecule has 4 rings (SSSR count). The second-order valence-electron chi connectivity index (χ2n) is 7.86. The standard InChI is InChI=1S/C26H25FN2O3/c1-32-21-14-12-20(13-15-21)28-25(30)19-11-16-24(18-7-3-2-4-8-18)29(17-19)26(31)22-9-5-6-10-23(22)27/h2-10,12-15,19,24H,11,16-17H2,1H3,(H,28,30). The van der Waals surface area contributed by atoms with Crippen molar-refractivity contribution in [3.63, 3.8) is 0 Å². The highest BCUT2D eigenvalue weighted by molar-refractivity contribution is 5.96. The number of anilines is 1. The zero-order chi connectivity index (χ0) is 22.5. The van der Waals surface area contributed by atoms with Gasteiger partial charge in [0.15, 0.2) is 0 Å². The summed E-state index contributed by atoms with van der Waals surface area (Å²) in [4.78, 5) is 28.0. The number of nitrogens with one attached hydrogen (secondary N) is 1. The summed E-state index contributed by atoms with van der Waals surface area (Å²) < 4.78 is 19.5. The Hall–Kier alpha value is -3.67. The zero-order valence-corrected chi connectivity index (χ0v) is 17.8. The van der Waals surface area contributed by atoms with Crippen molar-refractivity contribution in [2.75, 3.05) is 19.0 Å². The summed E-state index contributed by atoms with van der Waals surface area (Å²) in [6, 6.07) is 22.5. The van der Waals surface area contributed by atoms with Gasteiger partial charge in [-0.3, -0.25) is 9.59 Å². The normalized spacial score (nSPS) is 18.1. The van der Waals surface area contributed by atoms with Crippen molar-refractivity contribution in [1.82, 2.24) is 4.90 Å². The molecule has 1 N–H and O–H groups in total. The lowest BCUT2D eigenvalue weighted by atomic mass is 9.87. The third-order valence-electron chi connectivity index (χ3n) is 5.86. The Morgan fingerprint density at radius 3 is 2.31 bits per heavy atom. The number of hydrogen-bond acceptors (Lipinski definition) is 3. The number of rotatable bonds is 5. The molecule has 0 radical (unpaired) electrons. The van der Waals surface area contributed by atoms with Gasteiger partial charge in [0.1, 0.15) is 11.6 Å². The first-order valence-electron chi connectivity index (χ1n) is 10.6. The fraction of sp³-hybridized carbons (Fsp3) is 0.231. The van der Waals surface area contributed by atoms with Gasteiger partial charge in [0.2, 0.25) is 5.91 Å². The first-order chi connectivity index (χ1) is 15.6. The number of nitrogens with zero attached hydrogens (tertiary/aromatic N) is 1. The van der Waals surface area contributed by atoms with Gasteiger partial charge in [0.05, 0.1) is 24.6 Å². The number of hydrogen-bond donors (Lipinski definition) is 1. The third kappa shape index (κ3) is 4.64. The predicted molar refractivity (Wildman–Crippen MR) is 121 cm³/mol. The Morgan fingerprint density at radius 1 is 0.938 bits per heavy atom. The Kier molecular flexibility index (Phi) is 6.50. The fourth-order valence-electron chi connectivity index (χ4n) is 4.14. The van der Waals surface area contributed by atoms with Crippen LogP contribution >= 0.6 is 0 Å². The van der Waals surface area contributed by atoms with E-state index in [0.717, 1.165) is 5.56 Å². The molecule has 1 aliphatic rings. The van der Waals surface area contributed by atoms with Gasteiger partial charge in [-0.25, -0.2) is 4.39 Å². The fourth-order valence-corrected chi connectivity index (χ4v) is 4.14.